The quantitative estimate of drug-likeness (QED) is 0.421. The van der Waals surface area contributed by atoms with Crippen LogP contribution in [0.2, 0.25) is 0 Å². The van der Waals surface area contributed by atoms with Gasteiger partial charge < -0.3 is 5.11 Å². The number of aryl methyl sites for hydroxylation is 1. The highest BCUT2D eigenvalue weighted by Gasteiger charge is 2.21. The third-order valence-corrected chi connectivity index (χ3v) is 3.52. The van der Waals surface area contributed by atoms with Crippen LogP contribution in [0.15, 0.2) is 35.1 Å². The number of hydrogen-bond donors (Lipinski definition) is 3. The minimum Gasteiger partial charge on any atom is -0.493 e. The van der Waals surface area contributed by atoms with Gasteiger partial charge in [-0.2, -0.15) is 4.98 Å². The van der Waals surface area contributed by atoms with E-state index in [1.54, 1.807) is 0 Å². The van der Waals surface area contributed by atoms with Crippen molar-refractivity contribution in [3.8, 4) is 5.88 Å². The molecule has 25 heavy (non-hydrogen) atoms. The number of nitrogens with one attached hydrogen (secondary N) is 1. The molecule has 7 heteroatoms. The fraction of sp³-hybridized carbons (Fsp3) is 0.389. The number of unbranched alkanes of at least 4 members (excludes halogenated alkanes) is 1. The lowest BCUT2D eigenvalue weighted by Crippen LogP contribution is -2.38. The van der Waals surface area contributed by atoms with Crippen LogP contribution in [0.1, 0.15) is 55.4 Å². The Hall–Kier alpha value is -2.67. The van der Waals surface area contributed by atoms with E-state index in [4.69, 9.17) is 5.84 Å². The molecule has 2 rings (SSSR count). The van der Waals surface area contributed by atoms with Crippen molar-refractivity contribution < 1.29 is 9.90 Å². The average molecular weight is 346 g/mol. The molecule has 0 bridgehead atoms. The lowest BCUT2D eigenvalue weighted by atomic mass is 10.2. The standard InChI is InChI=1S/C16H20N4O3.C2H6/c1-2-3-9-12-18-14(21)13(15(22)19-17)16(23)20(12)10-11-7-5-4-6-8-11;1-2/h4-8,21H,2-3,9-10,17H2,1H3,(H,19,22);1-2H3. The SMILES string of the molecule is CC.CCCCc1nc(O)c(C(=O)NN)c(=O)n1Cc1ccccc1. The first kappa shape index (κ1) is 20.4. The second-order valence-corrected chi connectivity index (χ2v) is 5.18. The van der Waals surface area contributed by atoms with Crippen molar-refractivity contribution in [1.29, 1.82) is 0 Å². The van der Waals surface area contributed by atoms with E-state index in [1.165, 1.54) is 4.57 Å². The number of nitrogens with zero attached hydrogens (tertiary/aromatic N) is 2. The summed E-state index contributed by atoms with van der Waals surface area (Å²) < 4.78 is 1.41. The van der Waals surface area contributed by atoms with Gasteiger partial charge in [0.2, 0.25) is 5.88 Å². The molecule has 1 heterocycles. The predicted molar refractivity (Wildman–Crippen MR) is 97.3 cm³/mol. The van der Waals surface area contributed by atoms with Crippen LogP contribution in [-0.4, -0.2) is 20.6 Å². The lowest BCUT2D eigenvalue weighted by Gasteiger charge is -2.14. The van der Waals surface area contributed by atoms with E-state index in [2.05, 4.69) is 4.98 Å². The Morgan fingerprint density at radius 3 is 2.48 bits per heavy atom. The van der Waals surface area contributed by atoms with Crippen molar-refractivity contribution in [2.24, 2.45) is 5.84 Å². The zero-order valence-electron chi connectivity index (χ0n) is 15.0. The number of carbonyl (C=O) groups is 1. The van der Waals surface area contributed by atoms with Crippen molar-refractivity contribution in [3.05, 3.63) is 57.6 Å². The molecule has 0 fully saturated rings. The summed E-state index contributed by atoms with van der Waals surface area (Å²) in [5.74, 6) is 4.08. The highest BCUT2D eigenvalue weighted by Crippen LogP contribution is 2.13. The summed E-state index contributed by atoms with van der Waals surface area (Å²) in [6.45, 7) is 6.30. The molecule has 0 radical (unpaired) electrons. The van der Waals surface area contributed by atoms with E-state index in [1.807, 2.05) is 56.5 Å². The van der Waals surface area contributed by atoms with Crippen LogP contribution in [-0.2, 0) is 13.0 Å². The summed E-state index contributed by atoms with van der Waals surface area (Å²) in [6.07, 6.45) is 2.28. The number of hydrogen-bond acceptors (Lipinski definition) is 5. The number of benzene rings is 1. The zero-order valence-corrected chi connectivity index (χ0v) is 15.0. The number of amides is 1. The van der Waals surface area contributed by atoms with Gasteiger partial charge in [-0.3, -0.25) is 19.6 Å². The number of aromatic hydroxyl groups is 1. The molecule has 1 aromatic carbocycles. The fourth-order valence-corrected chi connectivity index (χ4v) is 2.31. The molecule has 0 spiro atoms. The molecule has 1 aromatic heterocycles. The molecule has 0 aliphatic carbocycles. The monoisotopic (exact) mass is 346 g/mol. The minimum atomic E-state index is -0.858. The van der Waals surface area contributed by atoms with Gasteiger partial charge in [-0.1, -0.05) is 57.5 Å². The Morgan fingerprint density at radius 1 is 1.28 bits per heavy atom. The topological polar surface area (TPSA) is 110 Å². The lowest BCUT2D eigenvalue weighted by molar-refractivity contribution is 0.0947. The van der Waals surface area contributed by atoms with Crippen molar-refractivity contribution in [3.63, 3.8) is 0 Å². The Morgan fingerprint density at radius 2 is 1.92 bits per heavy atom. The van der Waals surface area contributed by atoms with Crippen molar-refractivity contribution in [2.75, 3.05) is 0 Å². The molecule has 0 saturated carbocycles. The number of nitrogens with two attached hydrogens (primary N) is 1. The largest absolute Gasteiger partial charge is 0.493 e. The third-order valence-electron chi connectivity index (χ3n) is 3.52. The molecule has 0 unspecified atom stereocenters. The normalized spacial score (nSPS) is 9.92. The molecule has 0 saturated heterocycles. The molecule has 0 aliphatic rings. The second kappa shape index (κ2) is 10.2. The van der Waals surface area contributed by atoms with Gasteiger partial charge >= 0.3 is 0 Å². The maximum atomic E-state index is 12.6. The smallest absolute Gasteiger partial charge is 0.276 e. The molecular weight excluding hydrogens is 320 g/mol. The molecular formula is C18H26N4O3. The number of nitrogen functional groups attached to an aromatic ring is 1. The first-order chi connectivity index (χ1) is 12.1. The maximum absolute atomic E-state index is 12.6. The Kier molecular flexibility index (Phi) is 8.35. The van der Waals surface area contributed by atoms with Crippen LogP contribution < -0.4 is 16.8 Å². The first-order valence-electron chi connectivity index (χ1n) is 8.46. The summed E-state index contributed by atoms with van der Waals surface area (Å²) in [5.41, 5.74) is 1.72. The molecule has 2 aromatic rings. The van der Waals surface area contributed by atoms with E-state index in [0.29, 0.717) is 12.2 Å². The van der Waals surface area contributed by atoms with E-state index >= 15 is 0 Å². The molecule has 0 atom stereocenters. The number of rotatable bonds is 6. The van der Waals surface area contributed by atoms with E-state index in [9.17, 15) is 14.7 Å². The zero-order chi connectivity index (χ0) is 18.8. The van der Waals surface area contributed by atoms with Gasteiger partial charge in [-0.25, -0.2) is 5.84 Å². The molecule has 1 amide bonds. The van der Waals surface area contributed by atoms with Crippen molar-refractivity contribution in [1.82, 2.24) is 15.0 Å². The highest BCUT2D eigenvalue weighted by atomic mass is 16.3. The average Bonchev–Trinajstić information content (AvgIpc) is 2.64. The molecule has 4 N–H and O–H groups in total. The Balaban J connectivity index is 0.00000151. The van der Waals surface area contributed by atoms with Crippen molar-refractivity contribution in [2.45, 2.75) is 46.6 Å². The maximum Gasteiger partial charge on any atom is 0.276 e. The number of aromatic nitrogens is 2. The third kappa shape index (κ3) is 5.15. The summed E-state index contributed by atoms with van der Waals surface area (Å²) in [7, 11) is 0. The van der Waals surface area contributed by atoms with Crippen LogP contribution in [0.4, 0.5) is 0 Å². The van der Waals surface area contributed by atoms with Gasteiger partial charge in [0.15, 0.2) is 5.56 Å². The van der Waals surface area contributed by atoms with Gasteiger partial charge in [0.05, 0.1) is 6.54 Å². The minimum absolute atomic E-state index is 0.275. The van der Waals surface area contributed by atoms with Crippen LogP contribution >= 0.6 is 0 Å². The summed E-state index contributed by atoms with van der Waals surface area (Å²) in [6, 6.07) is 9.38. The van der Waals surface area contributed by atoms with Gasteiger partial charge in [-0.05, 0) is 12.0 Å². The Bertz CT molecular complexity index is 742. The summed E-state index contributed by atoms with van der Waals surface area (Å²) >= 11 is 0. The van der Waals surface area contributed by atoms with E-state index < -0.39 is 22.9 Å². The predicted octanol–water partition coefficient (Wildman–Crippen LogP) is 1.97. The van der Waals surface area contributed by atoms with Crippen molar-refractivity contribution >= 4 is 5.91 Å². The van der Waals surface area contributed by atoms with Gasteiger partial charge in [0.25, 0.3) is 11.5 Å². The van der Waals surface area contributed by atoms with Gasteiger partial charge in [0, 0.05) is 6.42 Å². The molecule has 136 valence electrons. The van der Waals surface area contributed by atoms with Crippen LogP contribution in [0.25, 0.3) is 0 Å². The Labute approximate surface area is 147 Å². The van der Waals surface area contributed by atoms with Gasteiger partial charge in [-0.15, -0.1) is 0 Å². The van der Waals surface area contributed by atoms with E-state index in [0.717, 1.165) is 18.4 Å². The van der Waals surface area contributed by atoms with Gasteiger partial charge in [0.1, 0.15) is 5.82 Å². The summed E-state index contributed by atoms with van der Waals surface area (Å²) in [5, 5.41) is 9.92. The van der Waals surface area contributed by atoms with Crippen LogP contribution in [0.5, 0.6) is 5.88 Å². The first-order valence-corrected chi connectivity index (χ1v) is 8.46. The molecule has 0 aliphatic heterocycles. The van der Waals surface area contributed by atoms with Crippen LogP contribution in [0, 0.1) is 0 Å². The second-order valence-electron chi connectivity index (χ2n) is 5.18. The van der Waals surface area contributed by atoms with E-state index in [-0.39, 0.29) is 6.54 Å². The highest BCUT2D eigenvalue weighted by molar-refractivity contribution is 5.95. The number of carbonyl (C=O) groups excluding carboxylic acids is 1. The molecule has 7 nitrogen and oxygen atoms in total. The number of hydrazine groups is 1. The fourth-order valence-electron chi connectivity index (χ4n) is 2.31. The van der Waals surface area contributed by atoms with Crippen LogP contribution in [0.3, 0.4) is 0 Å². The summed E-state index contributed by atoms with van der Waals surface area (Å²) in [4.78, 5) is 28.4.